The quantitative estimate of drug-likeness (QED) is 0.860. The molecular formula is C22H29N3O4. The zero-order valence-corrected chi connectivity index (χ0v) is 17.6. The fourth-order valence-electron chi connectivity index (χ4n) is 3.41. The summed E-state index contributed by atoms with van der Waals surface area (Å²) < 4.78 is 5.38. The van der Waals surface area contributed by atoms with E-state index in [0.29, 0.717) is 38.2 Å². The van der Waals surface area contributed by atoms with E-state index in [1.54, 1.807) is 9.80 Å². The number of H-pyrrole nitrogens is 1. The van der Waals surface area contributed by atoms with Crippen molar-refractivity contribution in [2.75, 3.05) is 26.2 Å². The molecule has 0 saturated carbocycles. The minimum absolute atomic E-state index is 0.00255. The fourth-order valence-corrected chi connectivity index (χ4v) is 3.41. The third-order valence-electron chi connectivity index (χ3n) is 4.97. The molecule has 7 nitrogen and oxygen atoms in total. The van der Waals surface area contributed by atoms with E-state index in [1.165, 1.54) is 0 Å². The first-order valence-corrected chi connectivity index (χ1v) is 10.0. The van der Waals surface area contributed by atoms with Gasteiger partial charge in [0.05, 0.1) is 0 Å². The van der Waals surface area contributed by atoms with Gasteiger partial charge in [0.1, 0.15) is 5.60 Å². The zero-order chi connectivity index (χ0) is 21.2. The van der Waals surface area contributed by atoms with E-state index in [-0.39, 0.29) is 24.0 Å². The number of aromatic amines is 1. The Hall–Kier alpha value is -2.83. The Morgan fingerprint density at radius 2 is 1.72 bits per heavy atom. The first kappa shape index (κ1) is 20.9. The highest BCUT2D eigenvalue weighted by Crippen LogP contribution is 2.15. The standard InChI is InChI=1S/C22H29N3O4/c1-15-5-6-16-14-17(20(27)23-18(16)13-15)7-8-19(26)24-9-11-25(12-10-24)21(28)29-22(2,3)4/h5-6,13-14H,7-12H2,1-4H3,(H,23,27). The maximum Gasteiger partial charge on any atom is 0.410 e. The SMILES string of the molecule is Cc1ccc2cc(CCC(=O)N3CCN(C(=O)OC(C)(C)C)CC3)c(=O)[nH]c2c1. The van der Waals surface area contributed by atoms with Gasteiger partial charge in [0.25, 0.3) is 5.56 Å². The minimum atomic E-state index is -0.532. The van der Waals surface area contributed by atoms with Crippen molar-refractivity contribution in [1.82, 2.24) is 14.8 Å². The fraction of sp³-hybridized carbons (Fsp3) is 0.500. The van der Waals surface area contributed by atoms with E-state index in [9.17, 15) is 14.4 Å². The molecule has 0 unspecified atom stereocenters. The van der Waals surface area contributed by atoms with Gasteiger partial charge in [-0.25, -0.2) is 4.79 Å². The third kappa shape index (κ3) is 5.37. The second-order valence-electron chi connectivity index (χ2n) is 8.56. The van der Waals surface area contributed by atoms with Crippen molar-refractivity contribution in [2.24, 2.45) is 0 Å². The van der Waals surface area contributed by atoms with Crippen LogP contribution in [0.25, 0.3) is 10.9 Å². The molecule has 1 saturated heterocycles. The van der Waals surface area contributed by atoms with Crippen LogP contribution in [0.5, 0.6) is 0 Å². The number of piperazine rings is 1. The largest absolute Gasteiger partial charge is 0.444 e. The number of amides is 2. The summed E-state index contributed by atoms with van der Waals surface area (Å²) in [4.78, 5) is 43.3. The summed E-state index contributed by atoms with van der Waals surface area (Å²) in [5.41, 5.74) is 1.83. The van der Waals surface area contributed by atoms with Crippen LogP contribution >= 0.6 is 0 Å². The van der Waals surface area contributed by atoms with E-state index < -0.39 is 5.60 Å². The van der Waals surface area contributed by atoms with E-state index in [0.717, 1.165) is 16.5 Å². The predicted molar refractivity (Wildman–Crippen MR) is 112 cm³/mol. The number of hydrogen-bond acceptors (Lipinski definition) is 4. The number of rotatable bonds is 3. The van der Waals surface area contributed by atoms with Gasteiger partial charge in [0, 0.05) is 43.7 Å². The molecule has 0 aliphatic carbocycles. The molecule has 1 aromatic heterocycles. The van der Waals surface area contributed by atoms with Crippen LogP contribution in [0.15, 0.2) is 29.1 Å². The van der Waals surface area contributed by atoms with Crippen LogP contribution in [0.3, 0.4) is 0 Å². The lowest BCUT2D eigenvalue weighted by molar-refractivity contribution is -0.132. The Balaban J connectivity index is 1.55. The van der Waals surface area contributed by atoms with Crippen molar-refractivity contribution in [2.45, 2.75) is 46.1 Å². The topological polar surface area (TPSA) is 82.7 Å². The van der Waals surface area contributed by atoms with Gasteiger partial charge in [-0.3, -0.25) is 9.59 Å². The number of benzene rings is 1. The number of hydrogen-bond donors (Lipinski definition) is 1. The second kappa shape index (κ2) is 8.27. The lowest BCUT2D eigenvalue weighted by Gasteiger charge is -2.35. The van der Waals surface area contributed by atoms with Crippen LogP contribution in [0.2, 0.25) is 0 Å². The number of aromatic nitrogens is 1. The highest BCUT2D eigenvalue weighted by Gasteiger charge is 2.27. The van der Waals surface area contributed by atoms with Gasteiger partial charge in [0.15, 0.2) is 0 Å². The normalized spacial score (nSPS) is 14.9. The lowest BCUT2D eigenvalue weighted by atomic mass is 10.1. The number of ether oxygens (including phenoxy) is 1. The van der Waals surface area contributed by atoms with Crippen LogP contribution in [0.1, 0.15) is 38.3 Å². The molecule has 29 heavy (non-hydrogen) atoms. The summed E-state index contributed by atoms with van der Waals surface area (Å²) in [6, 6.07) is 7.78. The van der Waals surface area contributed by atoms with Crippen LogP contribution in [0, 0.1) is 6.92 Å². The van der Waals surface area contributed by atoms with Crippen molar-refractivity contribution >= 4 is 22.9 Å². The van der Waals surface area contributed by atoms with Gasteiger partial charge < -0.3 is 19.5 Å². The minimum Gasteiger partial charge on any atom is -0.444 e. The molecule has 7 heteroatoms. The van der Waals surface area contributed by atoms with Crippen molar-refractivity contribution in [3.05, 3.63) is 45.7 Å². The molecule has 156 valence electrons. The second-order valence-corrected chi connectivity index (χ2v) is 8.56. The number of fused-ring (bicyclic) bond motifs is 1. The van der Waals surface area contributed by atoms with E-state index in [4.69, 9.17) is 4.74 Å². The molecular weight excluding hydrogens is 370 g/mol. The molecule has 0 radical (unpaired) electrons. The smallest absolute Gasteiger partial charge is 0.410 e. The number of aryl methyl sites for hydroxylation is 2. The average molecular weight is 399 g/mol. The third-order valence-corrected chi connectivity index (χ3v) is 4.97. The highest BCUT2D eigenvalue weighted by molar-refractivity contribution is 5.80. The Bertz CT molecular complexity index is 966. The van der Waals surface area contributed by atoms with Crippen LogP contribution < -0.4 is 5.56 Å². The summed E-state index contributed by atoms with van der Waals surface area (Å²) in [5.74, 6) is -0.00255. The van der Waals surface area contributed by atoms with Gasteiger partial charge in [-0.2, -0.15) is 0 Å². The van der Waals surface area contributed by atoms with Crippen molar-refractivity contribution < 1.29 is 14.3 Å². The number of nitrogens with one attached hydrogen (secondary N) is 1. The molecule has 3 rings (SSSR count). The van der Waals surface area contributed by atoms with Crippen LogP contribution in [0.4, 0.5) is 4.79 Å². The Kier molecular flexibility index (Phi) is 5.96. The van der Waals surface area contributed by atoms with Crippen molar-refractivity contribution in [1.29, 1.82) is 0 Å². The molecule has 2 aromatic rings. The van der Waals surface area contributed by atoms with E-state index in [1.807, 2.05) is 52.0 Å². The summed E-state index contributed by atoms with van der Waals surface area (Å²) in [6.45, 7) is 9.35. The van der Waals surface area contributed by atoms with Gasteiger partial charge in [-0.05, 0) is 57.2 Å². The molecule has 1 fully saturated rings. The van der Waals surface area contributed by atoms with E-state index >= 15 is 0 Å². The van der Waals surface area contributed by atoms with Crippen LogP contribution in [-0.4, -0.2) is 58.6 Å². The molecule has 1 aromatic carbocycles. The Morgan fingerprint density at radius 1 is 1.07 bits per heavy atom. The molecule has 0 spiro atoms. The lowest BCUT2D eigenvalue weighted by Crippen LogP contribution is -2.51. The predicted octanol–water partition coefficient (Wildman–Crippen LogP) is 2.85. The van der Waals surface area contributed by atoms with Gasteiger partial charge in [-0.1, -0.05) is 12.1 Å². The highest BCUT2D eigenvalue weighted by atomic mass is 16.6. The van der Waals surface area contributed by atoms with Gasteiger partial charge in [0.2, 0.25) is 5.91 Å². The molecule has 0 bridgehead atoms. The molecule has 1 aliphatic rings. The number of carbonyl (C=O) groups excluding carboxylic acids is 2. The summed E-state index contributed by atoms with van der Waals surface area (Å²) in [7, 11) is 0. The maximum absolute atomic E-state index is 12.6. The number of carbonyl (C=O) groups is 2. The number of nitrogens with zero attached hydrogens (tertiary/aromatic N) is 2. The van der Waals surface area contributed by atoms with Crippen LogP contribution in [-0.2, 0) is 16.0 Å². The molecule has 1 N–H and O–H groups in total. The summed E-state index contributed by atoms with van der Waals surface area (Å²) >= 11 is 0. The molecule has 0 atom stereocenters. The summed E-state index contributed by atoms with van der Waals surface area (Å²) in [5, 5.41) is 0.962. The molecule has 2 amide bonds. The average Bonchev–Trinajstić information content (AvgIpc) is 2.65. The Morgan fingerprint density at radius 3 is 2.38 bits per heavy atom. The zero-order valence-electron chi connectivity index (χ0n) is 17.6. The first-order valence-electron chi connectivity index (χ1n) is 10.0. The van der Waals surface area contributed by atoms with Gasteiger partial charge >= 0.3 is 6.09 Å². The monoisotopic (exact) mass is 399 g/mol. The first-order chi connectivity index (χ1) is 13.6. The van der Waals surface area contributed by atoms with Gasteiger partial charge in [-0.15, -0.1) is 0 Å². The molecule has 2 heterocycles. The Labute approximate surface area is 170 Å². The van der Waals surface area contributed by atoms with Crippen molar-refractivity contribution in [3.8, 4) is 0 Å². The molecule has 1 aliphatic heterocycles. The number of pyridine rings is 1. The maximum atomic E-state index is 12.6. The summed E-state index contributed by atoms with van der Waals surface area (Å²) in [6.07, 6.45) is 0.319. The van der Waals surface area contributed by atoms with E-state index in [2.05, 4.69) is 4.98 Å². The van der Waals surface area contributed by atoms with Crippen molar-refractivity contribution in [3.63, 3.8) is 0 Å².